The fourth-order valence-electron chi connectivity index (χ4n) is 1.26. The van der Waals surface area contributed by atoms with Gasteiger partial charge in [0.2, 0.25) is 0 Å². The van der Waals surface area contributed by atoms with E-state index in [0.29, 0.717) is 0 Å². The number of hydrogen-bond donors (Lipinski definition) is 5. The van der Waals surface area contributed by atoms with Gasteiger partial charge in [0.05, 0.1) is 26.4 Å². The molecule has 0 saturated heterocycles. The number of carbonyl (C=O) groups is 2. The molecule has 0 unspecified atom stereocenters. The van der Waals surface area contributed by atoms with Crippen molar-refractivity contribution in [1.82, 2.24) is 0 Å². The quantitative estimate of drug-likeness (QED) is 0.0817. The number of carbonyl (C=O) groups excluding carboxylic acids is 2. The zero-order valence-corrected chi connectivity index (χ0v) is 20.7. The van der Waals surface area contributed by atoms with E-state index in [9.17, 15) is 27.1 Å². The van der Waals surface area contributed by atoms with E-state index in [1.807, 2.05) is 0 Å². The van der Waals surface area contributed by atoms with Crippen LogP contribution < -0.4 is 18.9 Å². The summed E-state index contributed by atoms with van der Waals surface area (Å²) in [6, 6.07) is 0. The second-order valence-electron chi connectivity index (χ2n) is 4.71. The number of aliphatic hydroxyl groups is 4. The van der Waals surface area contributed by atoms with Gasteiger partial charge in [-0.15, -0.1) is 8.39 Å². The molecule has 20 heteroatoms. The van der Waals surface area contributed by atoms with Crippen molar-refractivity contribution in [3.63, 3.8) is 0 Å². The van der Waals surface area contributed by atoms with Crippen molar-refractivity contribution >= 4 is 35.8 Å². The predicted molar refractivity (Wildman–Crippen MR) is 101 cm³/mol. The van der Waals surface area contributed by atoms with Crippen LogP contribution >= 0.6 is 23.2 Å². The van der Waals surface area contributed by atoms with E-state index in [1.165, 1.54) is 27.7 Å². The molecular formula is C12H28F2LiO14P3. The second-order valence-corrected chi connectivity index (χ2v) is 9.92. The Bertz CT molecular complexity index is 604. The van der Waals surface area contributed by atoms with E-state index >= 15 is 0 Å². The molecule has 0 aromatic carbocycles. The number of halogens is 2. The normalized spacial score (nSPS) is 12.3. The van der Waals surface area contributed by atoms with Crippen molar-refractivity contribution in [2.24, 2.45) is 0 Å². The van der Waals surface area contributed by atoms with Crippen molar-refractivity contribution in [3.05, 3.63) is 0 Å². The summed E-state index contributed by atoms with van der Waals surface area (Å²) < 4.78 is 69.8. The Morgan fingerprint density at radius 1 is 0.719 bits per heavy atom. The first-order valence-corrected chi connectivity index (χ1v) is 12.7. The molecule has 190 valence electrons. The van der Waals surface area contributed by atoms with Crippen LogP contribution in [0.2, 0.25) is 0 Å². The number of rotatable bonds is 12. The zero-order chi connectivity index (χ0) is 25.6. The van der Waals surface area contributed by atoms with Crippen molar-refractivity contribution in [2.45, 2.75) is 38.8 Å². The molecule has 0 aliphatic carbocycles. The Kier molecular flexibility index (Phi) is 21.6. The van der Waals surface area contributed by atoms with Crippen LogP contribution in [0.3, 0.4) is 0 Å². The molecule has 0 atom stereocenters. The monoisotopic (exact) mass is 534 g/mol. The summed E-state index contributed by atoms with van der Waals surface area (Å²) in [7, 11) is -14.0. The minimum absolute atomic E-state index is 0. The summed E-state index contributed by atoms with van der Waals surface area (Å²) >= 11 is 0. The Morgan fingerprint density at radius 3 is 0.969 bits per heavy atom. The van der Waals surface area contributed by atoms with Crippen molar-refractivity contribution < 1.29 is 95.4 Å². The molecule has 0 rings (SSSR count). The molecule has 0 fully saturated rings. The molecule has 0 aromatic rings. The van der Waals surface area contributed by atoms with E-state index in [4.69, 9.17) is 29.9 Å². The summed E-state index contributed by atoms with van der Waals surface area (Å²) in [5.41, 5.74) is -6.14. The van der Waals surface area contributed by atoms with Crippen molar-refractivity contribution in [2.75, 3.05) is 26.4 Å². The van der Waals surface area contributed by atoms with E-state index in [1.54, 1.807) is 0 Å². The maximum Gasteiger partial charge on any atom is 1.00 e. The maximum atomic E-state index is 11.5. The second kappa shape index (κ2) is 17.5. The van der Waals surface area contributed by atoms with Gasteiger partial charge in [0, 0.05) is 0 Å². The minimum Gasteiger partial charge on any atom is -1.00 e. The summed E-state index contributed by atoms with van der Waals surface area (Å²) in [6.45, 7) is 5.78. The Hall–Kier alpha value is 0.127. The molecule has 0 saturated carbocycles. The third-order valence-corrected chi connectivity index (χ3v) is 6.53. The number of hydrogen-bond acceptors (Lipinski definition) is 13. The largest absolute Gasteiger partial charge is 1.00 e. The molecule has 0 aliphatic heterocycles. The maximum absolute atomic E-state index is 11.5. The van der Waals surface area contributed by atoms with Gasteiger partial charge in [-0.1, -0.05) is 0 Å². The SMILES string of the molecule is CCOP(=O)(OCC)C(O)(O)C=O.CCOP(=O)(OCC)C(O)(O)C=O.O=P(O)(F)F.[H-].[Li+]. The Morgan fingerprint density at radius 2 is 0.875 bits per heavy atom. The average molecular weight is 534 g/mol. The van der Waals surface area contributed by atoms with Crippen molar-refractivity contribution in [3.8, 4) is 0 Å². The first-order valence-electron chi connectivity index (χ1n) is 8.19. The van der Waals surface area contributed by atoms with E-state index < -0.39 is 34.2 Å². The molecular weight excluding hydrogens is 506 g/mol. The van der Waals surface area contributed by atoms with Crippen molar-refractivity contribution in [1.29, 1.82) is 0 Å². The first-order chi connectivity index (χ1) is 13.9. The van der Waals surface area contributed by atoms with Gasteiger partial charge in [-0.3, -0.25) is 23.6 Å². The van der Waals surface area contributed by atoms with Gasteiger partial charge in [0.15, 0.2) is 12.6 Å². The molecule has 0 heterocycles. The third-order valence-electron chi connectivity index (χ3n) is 2.32. The van der Waals surface area contributed by atoms with Gasteiger partial charge in [0.1, 0.15) is 0 Å². The third kappa shape index (κ3) is 15.9. The summed E-state index contributed by atoms with van der Waals surface area (Å²) in [4.78, 5) is 27.1. The molecule has 0 aromatic heterocycles. The average Bonchev–Trinajstić information content (AvgIpc) is 2.61. The van der Waals surface area contributed by atoms with Gasteiger partial charge in [-0.2, -0.15) is 0 Å². The Labute approximate surface area is 196 Å². The summed E-state index contributed by atoms with van der Waals surface area (Å²) in [6.07, 6.45) is -0.557. The predicted octanol–water partition coefficient (Wildman–Crippen LogP) is -1.68. The smallest absolute Gasteiger partial charge is 1.00 e. The van der Waals surface area contributed by atoms with Gasteiger partial charge >= 0.3 is 53.1 Å². The first kappa shape index (κ1) is 39.3. The molecule has 14 nitrogen and oxygen atoms in total. The number of aldehydes is 2. The van der Waals surface area contributed by atoms with Crippen LogP contribution in [-0.2, 0) is 41.4 Å². The fraction of sp³-hybridized carbons (Fsp3) is 0.833. The van der Waals surface area contributed by atoms with Gasteiger partial charge in [-0.25, -0.2) is 4.57 Å². The van der Waals surface area contributed by atoms with Gasteiger partial charge < -0.3 is 39.9 Å². The van der Waals surface area contributed by atoms with Crippen LogP contribution in [0.25, 0.3) is 0 Å². The Balaban J connectivity index is -0.000000125. The molecule has 0 bridgehead atoms. The standard InChI is InChI=1S/2C6H13O6P.F2HO2P.Li.H/c2*1-3-11-13(10,12-4-2)6(8,9)5-7;1-5(2,3)4;;/h2*5,8-9H,3-4H2,1-2H3;(H,3,4);;/q;;;+1;-1. The van der Waals surface area contributed by atoms with Crippen LogP contribution in [0, 0.1) is 0 Å². The summed E-state index contributed by atoms with van der Waals surface area (Å²) in [5, 5.41) is 35.9. The molecule has 0 radical (unpaired) electrons. The van der Waals surface area contributed by atoms with E-state index in [0.717, 1.165) is 0 Å². The van der Waals surface area contributed by atoms with Crippen LogP contribution in [0.1, 0.15) is 29.1 Å². The summed E-state index contributed by atoms with van der Waals surface area (Å²) in [5.74, 6) is 0. The molecule has 0 spiro atoms. The van der Waals surface area contributed by atoms with Gasteiger partial charge in [0.25, 0.3) is 0 Å². The van der Waals surface area contributed by atoms with E-state index in [-0.39, 0.29) is 59.3 Å². The molecule has 0 amide bonds. The van der Waals surface area contributed by atoms with E-state index in [2.05, 4.69) is 18.1 Å². The van der Waals surface area contributed by atoms with Crippen LogP contribution in [0.15, 0.2) is 0 Å². The topological polar surface area (TPSA) is 223 Å². The molecule has 5 N–H and O–H groups in total. The molecule has 32 heavy (non-hydrogen) atoms. The van der Waals surface area contributed by atoms with Crippen LogP contribution in [0.5, 0.6) is 0 Å². The zero-order valence-electron chi connectivity index (χ0n) is 19.0. The fourth-order valence-corrected chi connectivity index (χ4v) is 3.79. The molecule has 0 aliphatic rings. The van der Waals surface area contributed by atoms with Crippen LogP contribution in [0.4, 0.5) is 8.39 Å². The van der Waals surface area contributed by atoms with Crippen LogP contribution in [-0.4, -0.2) is 75.4 Å². The van der Waals surface area contributed by atoms with Gasteiger partial charge in [-0.05, 0) is 27.7 Å². The minimum atomic E-state index is -5.64.